The Balaban J connectivity index is 2.21. The van der Waals surface area contributed by atoms with Gasteiger partial charge in [-0.05, 0) is 37.1 Å². The summed E-state index contributed by atoms with van der Waals surface area (Å²) in [5.74, 6) is -1.76. The molecule has 0 amide bonds. The first-order valence-electron chi connectivity index (χ1n) is 6.20. The lowest BCUT2D eigenvalue weighted by Gasteiger charge is -2.26. The van der Waals surface area contributed by atoms with Crippen molar-refractivity contribution in [2.24, 2.45) is 0 Å². The summed E-state index contributed by atoms with van der Waals surface area (Å²) in [6.45, 7) is 1.98. The number of anilines is 3. The number of hydrogen-bond acceptors (Lipinski definition) is 2. The fourth-order valence-electron chi connectivity index (χ4n) is 2.71. The number of nitrogen functional groups attached to an aromatic ring is 1. The van der Waals surface area contributed by atoms with Crippen molar-refractivity contribution < 1.29 is 8.78 Å². The van der Waals surface area contributed by atoms with E-state index in [1.165, 1.54) is 6.07 Å². The van der Waals surface area contributed by atoms with E-state index in [9.17, 15) is 8.78 Å². The Morgan fingerprint density at radius 1 is 1.16 bits per heavy atom. The van der Waals surface area contributed by atoms with E-state index in [-0.39, 0.29) is 17.4 Å². The molecule has 0 aromatic heterocycles. The third-order valence-electron chi connectivity index (χ3n) is 3.55. The lowest BCUT2D eigenvalue weighted by Crippen LogP contribution is -2.26. The maximum Gasteiger partial charge on any atom is 0.184 e. The first-order chi connectivity index (χ1) is 9.09. The van der Waals surface area contributed by atoms with Crippen LogP contribution in [0, 0.1) is 11.6 Å². The highest BCUT2D eigenvalue weighted by molar-refractivity contribution is 5.79. The second-order valence-corrected chi connectivity index (χ2v) is 4.85. The number of fused-ring (bicyclic) bond motifs is 1. The minimum absolute atomic E-state index is 0.0519. The summed E-state index contributed by atoms with van der Waals surface area (Å²) in [6.07, 6.45) is 0.797. The van der Waals surface area contributed by atoms with Crippen LogP contribution in [0.1, 0.15) is 12.5 Å². The second kappa shape index (κ2) is 4.23. The van der Waals surface area contributed by atoms with Crippen LogP contribution in [-0.4, -0.2) is 6.04 Å². The van der Waals surface area contributed by atoms with E-state index in [0.29, 0.717) is 0 Å². The Hall–Kier alpha value is -2.10. The highest BCUT2D eigenvalue weighted by Gasteiger charge is 2.30. The topological polar surface area (TPSA) is 29.3 Å². The van der Waals surface area contributed by atoms with E-state index in [1.807, 2.05) is 31.2 Å². The molecule has 1 aliphatic rings. The van der Waals surface area contributed by atoms with Crippen LogP contribution in [0.4, 0.5) is 25.8 Å². The monoisotopic (exact) mass is 260 g/mol. The molecule has 1 unspecified atom stereocenters. The van der Waals surface area contributed by atoms with Crippen molar-refractivity contribution >= 4 is 17.1 Å². The number of hydrogen-bond donors (Lipinski definition) is 1. The first-order valence-corrected chi connectivity index (χ1v) is 6.20. The van der Waals surface area contributed by atoms with Crippen molar-refractivity contribution in [3.05, 3.63) is 53.6 Å². The molecule has 2 nitrogen and oxygen atoms in total. The normalized spacial score (nSPS) is 17.6. The largest absolute Gasteiger partial charge is 0.397 e. The smallest absolute Gasteiger partial charge is 0.184 e. The highest BCUT2D eigenvalue weighted by Crippen LogP contribution is 2.42. The van der Waals surface area contributed by atoms with Gasteiger partial charge in [0.2, 0.25) is 0 Å². The van der Waals surface area contributed by atoms with Crippen LogP contribution in [0.3, 0.4) is 0 Å². The lowest BCUT2D eigenvalue weighted by molar-refractivity contribution is 0.507. The summed E-state index contributed by atoms with van der Waals surface area (Å²) in [4.78, 5) is 1.78. The molecule has 0 saturated heterocycles. The average molecular weight is 260 g/mol. The van der Waals surface area contributed by atoms with E-state index in [4.69, 9.17) is 5.73 Å². The molecule has 4 heteroatoms. The van der Waals surface area contributed by atoms with Gasteiger partial charge in [-0.1, -0.05) is 18.2 Å². The molecular formula is C15H14F2N2. The van der Waals surface area contributed by atoms with Crippen LogP contribution in [-0.2, 0) is 6.42 Å². The van der Waals surface area contributed by atoms with Crippen LogP contribution < -0.4 is 10.6 Å². The number of nitrogens with two attached hydrogens (primary N) is 1. The van der Waals surface area contributed by atoms with Gasteiger partial charge in [0.15, 0.2) is 11.6 Å². The Labute approximate surface area is 110 Å². The van der Waals surface area contributed by atoms with Gasteiger partial charge in [-0.25, -0.2) is 8.78 Å². The summed E-state index contributed by atoms with van der Waals surface area (Å²) >= 11 is 0. The van der Waals surface area contributed by atoms with Gasteiger partial charge < -0.3 is 10.6 Å². The van der Waals surface area contributed by atoms with Crippen LogP contribution in [0.15, 0.2) is 36.4 Å². The van der Waals surface area contributed by atoms with Crippen LogP contribution in [0.2, 0.25) is 0 Å². The minimum Gasteiger partial charge on any atom is -0.397 e. The molecule has 2 aromatic carbocycles. The second-order valence-electron chi connectivity index (χ2n) is 4.85. The maximum atomic E-state index is 14.1. The quantitative estimate of drug-likeness (QED) is 0.793. The molecule has 3 rings (SSSR count). The summed E-state index contributed by atoms with van der Waals surface area (Å²) in [5.41, 5.74) is 8.25. The van der Waals surface area contributed by atoms with E-state index < -0.39 is 11.6 Å². The van der Waals surface area contributed by atoms with Gasteiger partial charge in [-0.3, -0.25) is 0 Å². The van der Waals surface area contributed by atoms with Crippen LogP contribution in [0.25, 0.3) is 0 Å². The molecular weight excluding hydrogens is 246 g/mol. The van der Waals surface area contributed by atoms with E-state index in [2.05, 4.69) is 0 Å². The minimum atomic E-state index is -0.886. The van der Waals surface area contributed by atoms with Gasteiger partial charge in [-0.2, -0.15) is 0 Å². The predicted molar refractivity (Wildman–Crippen MR) is 72.5 cm³/mol. The first kappa shape index (κ1) is 12.0. The number of rotatable bonds is 1. The number of para-hydroxylation sites is 1. The SMILES string of the molecule is CC1Cc2ccccc2N1c1c(N)ccc(F)c1F. The fraction of sp³-hybridized carbons (Fsp3) is 0.200. The molecule has 0 aliphatic carbocycles. The Bertz CT molecular complexity index is 640. The summed E-state index contributed by atoms with van der Waals surface area (Å²) in [5, 5.41) is 0. The van der Waals surface area contributed by atoms with Gasteiger partial charge in [0.05, 0.1) is 5.69 Å². The van der Waals surface area contributed by atoms with E-state index >= 15 is 0 Å². The van der Waals surface area contributed by atoms with Crippen LogP contribution in [0.5, 0.6) is 0 Å². The zero-order chi connectivity index (χ0) is 13.6. The van der Waals surface area contributed by atoms with Crippen molar-refractivity contribution in [1.82, 2.24) is 0 Å². The fourth-order valence-corrected chi connectivity index (χ4v) is 2.71. The standard InChI is InChI=1S/C15H14F2N2/c1-9-8-10-4-2-3-5-13(10)19(9)15-12(18)7-6-11(16)14(15)17/h2-7,9H,8,18H2,1H3. The van der Waals surface area contributed by atoms with Gasteiger partial charge in [0.25, 0.3) is 0 Å². The molecule has 2 N–H and O–H groups in total. The summed E-state index contributed by atoms with van der Waals surface area (Å²) < 4.78 is 27.5. The molecule has 0 bridgehead atoms. The summed E-state index contributed by atoms with van der Waals surface area (Å²) in [7, 11) is 0. The van der Waals surface area contributed by atoms with Crippen molar-refractivity contribution in [2.45, 2.75) is 19.4 Å². The van der Waals surface area contributed by atoms with Crippen LogP contribution >= 0.6 is 0 Å². The van der Waals surface area contributed by atoms with E-state index in [1.54, 1.807) is 4.90 Å². The lowest BCUT2D eigenvalue weighted by atomic mass is 10.1. The van der Waals surface area contributed by atoms with Gasteiger partial charge in [-0.15, -0.1) is 0 Å². The number of halogens is 2. The Kier molecular flexibility index (Phi) is 2.66. The number of benzene rings is 2. The molecule has 0 spiro atoms. The maximum absolute atomic E-state index is 14.1. The molecule has 0 fully saturated rings. The molecule has 0 radical (unpaired) electrons. The molecule has 2 aromatic rings. The van der Waals surface area contributed by atoms with E-state index in [0.717, 1.165) is 23.7 Å². The number of nitrogens with zero attached hydrogens (tertiary/aromatic N) is 1. The van der Waals surface area contributed by atoms with Gasteiger partial charge in [0.1, 0.15) is 5.69 Å². The molecule has 1 heterocycles. The zero-order valence-electron chi connectivity index (χ0n) is 10.5. The third-order valence-corrected chi connectivity index (χ3v) is 3.55. The predicted octanol–water partition coefficient (Wildman–Crippen LogP) is 3.63. The third kappa shape index (κ3) is 1.75. The summed E-state index contributed by atoms with van der Waals surface area (Å²) in [6, 6.07) is 10.2. The Morgan fingerprint density at radius 2 is 1.89 bits per heavy atom. The Morgan fingerprint density at radius 3 is 2.68 bits per heavy atom. The molecule has 0 saturated carbocycles. The average Bonchev–Trinajstić information content (AvgIpc) is 2.72. The van der Waals surface area contributed by atoms with Crippen molar-refractivity contribution in [3.8, 4) is 0 Å². The zero-order valence-corrected chi connectivity index (χ0v) is 10.5. The van der Waals surface area contributed by atoms with Crippen molar-refractivity contribution in [1.29, 1.82) is 0 Å². The molecule has 19 heavy (non-hydrogen) atoms. The molecule has 1 aliphatic heterocycles. The van der Waals surface area contributed by atoms with Crippen molar-refractivity contribution in [3.63, 3.8) is 0 Å². The van der Waals surface area contributed by atoms with Crippen molar-refractivity contribution in [2.75, 3.05) is 10.6 Å². The molecule has 98 valence electrons. The molecule has 1 atom stereocenters. The van der Waals surface area contributed by atoms with Gasteiger partial charge in [0, 0.05) is 11.7 Å². The van der Waals surface area contributed by atoms with Gasteiger partial charge >= 0.3 is 0 Å². The highest BCUT2D eigenvalue weighted by atomic mass is 19.2.